The molecule has 1 aromatic carbocycles. The Balaban J connectivity index is 0.000000921. The van der Waals surface area contributed by atoms with Crippen LogP contribution in [-0.2, 0) is 0 Å². The van der Waals surface area contributed by atoms with Crippen molar-refractivity contribution >= 4 is 5.69 Å². The topological polar surface area (TPSA) is 47.3 Å². The molecule has 0 saturated carbocycles. The number of hydrogen-bond acceptors (Lipinski definition) is 3. The average molecular weight is 210 g/mol. The van der Waals surface area contributed by atoms with Gasteiger partial charge in [-0.3, -0.25) is 0 Å². The van der Waals surface area contributed by atoms with Gasteiger partial charge in [0.2, 0.25) is 0 Å². The molecule has 3 heteroatoms. The molecule has 86 valence electrons. The molecule has 0 amide bonds. The van der Waals surface area contributed by atoms with Crippen molar-refractivity contribution in [1.29, 1.82) is 0 Å². The quantitative estimate of drug-likeness (QED) is 0.591. The first kappa shape index (κ1) is 13.8. The van der Waals surface area contributed by atoms with Crippen molar-refractivity contribution in [3.8, 4) is 5.75 Å². The van der Waals surface area contributed by atoms with Gasteiger partial charge in [0.15, 0.2) is 0 Å². The highest BCUT2D eigenvalue weighted by atomic mass is 16.5. The number of nitrogen functional groups attached to an aromatic ring is 1. The molecule has 0 radical (unpaired) electrons. The average Bonchev–Trinajstić information content (AvgIpc) is 2.27. The molecule has 3 nitrogen and oxygen atoms in total. The molecule has 0 heterocycles. The van der Waals surface area contributed by atoms with E-state index in [9.17, 15) is 0 Å². The summed E-state index contributed by atoms with van der Waals surface area (Å²) in [4.78, 5) is 0. The second kappa shape index (κ2) is 8.12. The standard InChI is InChI=1S/C10H16N2O.C2H6/c1-8-7-9(3-4-10(8)11)13-6-5-12-2;1-2/h3-4,7,12H,5-6,11H2,1-2H3;1-2H3. The molecule has 0 fully saturated rings. The summed E-state index contributed by atoms with van der Waals surface area (Å²) in [7, 11) is 1.90. The fraction of sp³-hybridized carbons (Fsp3) is 0.500. The van der Waals surface area contributed by atoms with Gasteiger partial charge >= 0.3 is 0 Å². The molecule has 0 aliphatic heterocycles. The van der Waals surface area contributed by atoms with Gasteiger partial charge in [0.25, 0.3) is 0 Å². The summed E-state index contributed by atoms with van der Waals surface area (Å²) < 4.78 is 5.46. The highest BCUT2D eigenvalue weighted by Gasteiger charge is 1.96. The van der Waals surface area contributed by atoms with Gasteiger partial charge in [-0.05, 0) is 37.7 Å². The fourth-order valence-corrected chi connectivity index (χ4v) is 1.01. The number of anilines is 1. The van der Waals surface area contributed by atoms with E-state index in [1.807, 2.05) is 46.0 Å². The third kappa shape index (κ3) is 5.27. The zero-order chi connectivity index (χ0) is 11.7. The molecule has 0 unspecified atom stereocenters. The monoisotopic (exact) mass is 210 g/mol. The molecule has 1 rings (SSSR count). The van der Waals surface area contributed by atoms with Crippen LogP contribution in [0.4, 0.5) is 5.69 Å². The third-order valence-electron chi connectivity index (χ3n) is 1.86. The number of nitrogens with two attached hydrogens (primary N) is 1. The summed E-state index contributed by atoms with van der Waals surface area (Å²) in [6, 6.07) is 5.70. The van der Waals surface area contributed by atoms with E-state index in [2.05, 4.69) is 5.32 Å². The molecule has 0 atom stereocenters. The molecule has 0 spiro atoms. The van der Waals surface area contributed by atoms with Crippen molar-refractivity contribution in [2.24, 2.45) is 0 Å². The maximum absolute atomic E-state index is 5.68. The van der Waals surface area contributed by atoms with Crippen LogP contribution in [0.25, 0.3) is 0 Å². The molecule has 15 heavy (non-hydrogen) atoms. The van der Waals surface area contributed by atoms with E-state index in [1.54, 1.807) is 0 Å². The highest BCUT2D eigenvalue weighted by Crippen LogP contribution is 2.18. The van der Waals surface area contributed by atoms with E-state index in [1.165, 1.54) is 0 Å². The normalized spacial score (nSPS) is 9.07. The minimum Gasteiger partial charge on any atom is -0.492 e. The molecular weight excluding hydrogens is 188 g/mol. The number of hydrogen-bond donors (Lipinski definition) is 2. The van der Waals surface area contributed by atoms with Crippen LogP contribution in [0.3, 0.4) is 0 Å². The van der Waals surface area contributed by atoms with Crippen molar-refractivity contribution < 1.29 is 4.74 Å². The van der Waals surface area contributed by atoms with Crippen LogP contribution in [0.15, 0.2) is 18.2 Å². The van der Waals surface area contributed by atoms with Crippen molar-refractivity contribution in [2.45, 2.75) is 20.8 Å². The van der Waals surface area contributed by atoms with Crippen molar-refractivity contribution in [3.05, 3.63) is 23.8 Å². The van der Waals surface area contributed by atoms with Crippen LogP contribution in [0.2, 0.25) is 0 Å². The van der Waals surface area contributed by atoms with Gasteiger partial charge in [0.1, 0.15) is 12.4 Å². The maximum Gasteiger partial charge on any atom is 0.119 e. The third-order valence-corrected chi connectivity index (χ3v) is 1.86. The summed E-state index contributed by atoms with van der Waals surface area (Å²) in [6.07, 6.45) is 0. The Morgan fingerprint density at radius 1 is 1.33 bits per heavy atom. The SMILES string of the molecule is CC.CNCCOc1ccc(N)c(C)c1. The highest BCUT2D eigenvalue weighted by molar-refractivity contribution is 5.49. The lowest BCUT2D eigenvalue weighted by Gasteiger charge is -2.07. The van der Waals surface area contributed by atoms with Crippen LogP contribution in [0.1, 0.15) is 19.4 Å². The van der Waals surface area contributed by atoms with Gasteiger partial charge in [-0.15, -0.1) is 0 Å². The van der Waals surface area contributed by atoms with Crippen molar-refractivity contribution in [3.63, 3.8) is 0 Å². The fourth-order valence-electron chi connectivity index (χ4n) is 1.01. The number of nitrogens with one attached hydrogen (secondary N) is 1. The van der Waals surface area contributed by atoms with Crippen LogP contribution in [0.5, 0.6) is 5.75 Å². The summed E-state index contributed by atoms with van der Waals surface area (Å²) >= 11 is 0. The molecule has 1 aromatic rings. The molecule has 0 aliphatic rings. The Labute approximate surface area is 92.6 Å². The summed E-state index contributed by atoms with van der Waals surface area (Å²) in [5.74, 6) is 0.877. The first-order valence-electron chi connectivity index (χ1n) is 5.37. The van der Waals surface area contributed by atoms with Gasteiger partial charge in [-0.1, -0.05) is 13.8 Å². The zero-order valence-corrected chi connectivity index (χ0v) is 10.1. The first-order chi connectivity index (χ1) is 7.24. The Morgan fingerprint density at radius 3 is 2.53 bits per heavy atom. The zero-order valence-electron chi connectivity index (χ0n) is 10.1. The summed E-state index contributed by atoms with van der Waals surface area (Å²) in [5, 5.41) is 3.01. The number of likely N-dealkylation sites (N-methyl/N-ethyl adjacent to an activating group) is 1. The molecule has 0 aliphatic carbocycles. The van der Waals surface area contributed by atoms with Crippen molar-refractivity contribution in [2.75, 3.05) is 25.9 Å². The maximum atomic E-state index is 5.68. The largest absolute Gasteiger partial charge is 0.492 e. The molecule has 0 saturated heterocycles. The minimum atomic E-state index is 0.680. The van der Waals surface area contributed by atoms with E-state index in [-0.39, 0.29) is 0 Å². The summed E-state index contributed by atoms with van der Waals surface area (Å²) in [5.41, 5.74) is 7.54. The van der Waals surface area contributed by atoms with E-state index in [0.717, 1.165) is 23.5 Å². The lowest BCUT2D eigenvalue weighted by molar-refractivity contribution is 0.318. The smallest absolute Gasteiger partial charge is 0.119 e. The van der Waals surface area contributed by atoms with Crippen LogP contribution < -0.4 is 15.8 Å². The summed E-state index contributed by atoms with van der Waals surface area (Å²) in [6.45, 7) is 7.50. The predicted octanol–water partition coefficient (Wildman–Crippen LogP) is 2.20. The molecule has 3 N–H and O–H groups in total. The van der Waals surface area contributed by atoms with E-state index < -0.39 is 0 Å². The van der Waals surface area contributed by atoms with Crippen LogP contribution >= 0.6 is 0 Å². The number of benzene rings is 1. The lowest BCUT2D eigenvalue weighted by Crippen LogP contribution is -2.15. The Bertz CT molecular complexity index is 274. The Morgan fingerprint density at radius 2 is 2.00 bits per heavy atom. The van der Waals surface area contributed by atoms with Gasteiger partial charge in [-0.2, -0.15) is 0 Å². The number of ether oxygens (including phenoxy) is 1. The number of rotatable bonds is 4. The van der Waals surface area contributed by atoms with Crippen molar-refractivity contribution in [1.82, 2.24) is 5.32 Å². The van der Waals surface area contributed by atoms with Gasteiger partial charge < -0.3 is 15.8 Å². The Kier molecular flexibility index (Phi) is 7.46. The molecular formula is C12H22N2O. The van der Waals surface area contributed by atoms with Crippen LogP contribution in [0, 0.1) is 6.92 Å². The second-order valence-corrected chi connectivity index (χ2v) is 2.97. The first-order valence-corrected chi connectivity index (χ1v) is 5.37. The Hall–Kier alpha value is -1.22. The van der Waals surface area contributed by atoms with E-state index in [4.69, 9.17) is 10.5 Å². The second-order valence-electron chi connectivity index (χ2n) is 2.97. The molecule has 0 bridgehead atoms. The van der Waals surface area contributed by atoms with Gasteiger partial charge in [0.05, 0.1) is 0 Å². The molecule has 0 aromatic heterocycles. The minimum absolute atomic E-state index is 0.680. The van der Waals surface area contributed by atoms with E-state index in [0.29, 0.717) is 6.61 Å². The lowest BCUT2D eigenvalue weighted by atomic mass is 10.2. The van der Waals surface area contributed by atoms with Gasteiger partial charge in [-0.25, -0.2) is 0 Å². The number of aryl methyl sites for hydroxylation is 1. The van der Waals surface area contributed by atoms with Crippen LogP contribution in [-0.4, -0.2) is 20.2 Å². The predicted molar refractivity (Wildman–Crippen MR) is 66.4 cm³/mol. The van der Waals surface area contributed by atoms with Gasteiger partial charge in [0, 0.05) is 12.2 Å². The van der Waals surface area contributed by atoms with E-state index >= 15 is 0 Å².